The van der Waals surface area contributed by atoms with E-state index in [2.05, 4.69) is 4.90 Å². The lowest BCUT2D eigenvalue weighted by Crippen LogP contribution is -2.46. The van der Waals surface area contributed by atoms with E-state index in [1.54, 1.807) is 0 Å². The Morgan fingerprint density at radius 1 is 1.31 bits per heavy atom. The average molecular weight is 183 g/mol. The molecule has 0 bridgehead atoms. The van der Waals surface area contributed by atoms with Crippen LogP contribution in [0.15, 0.2) is 0 Å². The number of carbonyl (C=O) groups is 1. The zero-order valence-corrected chi connectivity index (χ0v) is 7.91. The van der Waals surface area contributed by atoms with Crippen molar-refractivity contribution in [1.82, 2.24) is 4.90 Å². The average Bonchev–Trinajstić information content (AvgIpc) is 2.51. The van der Waals surface area contributed by atoms with Crippen molar-refractivity contribution in [1.29, 1.82) is 0 Å². The van der Waals surface area contributed by atoms with Crippen LogP contribution in [-0.4, -0.2) is 41.0 Å². The summed E-state index contributed by atoms with van der Waals surface area (Å²) < 4.78 is 0. The lowest BCUT2D eigenvalue weighted by atomic mass is 10.0. The molecule has 2 aliphatic rings. The zero-order valence-electron chi connectivity index (χ0n) is 7.91. The van der Waals surface area contributed by atoms with Gasteiger partial charge >= 0.3 is 0 Å². The van der Waals surface area contributed by atoms with E-state index in [4.69, 9.17) is 0 Å². The third kappa shape index (κ3) is 1.92. The summed E-state index contributed by atoms with van der Waals surface area (Å²) >= 11 is 0. The van der Waals surface area contributed by atoms with Crippen LogP contribution in [0.2, 0.25) is 0 Å². The fraction of sp³-hybridized carbons (Fsp3) is 0.900. The molecule has 3 nitrogen and oxygen atoms in total. The van der Waals surface area contributed by atoms with E-state index >= 15 is 0 Å². The van der Waals surface area contributed by atoms with Gasteiger partial charge in [0.25, 0.3) is 0 Å². The predicted octanol–water partition coefficient (Wildman–Crippen LogP) is 0.565. The van der Waals surface area contributed by atoms with E-state index in [0.29, 0.717) is 12.3 Å². The minimum Gasteiger partial charge on any atom is -0.392 e. The Balaban J connectivity index is 1.95. The van der Waals surface area contributed by atoms with Crippen LogP contribution >= 0.6 is 0 Å². The molecule has 0 aromatic rings. The first-order chi connectivity index (χ1) is 6.27. The van der Waals surface area contributed by atoms with Crippen molar-refractivity contribution >= 4 is 5.78 Å². The van der Waals surface area contributed by atoms with Crippen LogP contribution in [0, 0.1) is 0 Å². The van der Waals surface area contributed by atoms with E-state index in [0.717, 1.165) is 38.6 Å². The first-order valence-electron chi connectivity index (χ1n) is 5.22. The summed E-state index contributed by atoms with van der Waals surface area (Å²) in [4.78, 5) is 13.6. The molecule has 1 saturated carbocycles. The van der Waals surface area contributed by atoms with Crippen molar-refractivity contribution < 1.29 is 9.90 Å². The van der Waals surface area contributed by atoms with E-state index in [1.165, 1.54) is 0 Å². The van der Waals surface area contributed by atoms with Gasteiger partial charge < -0.3 is 5.11 Å². The summed E-state index contributed by atoms with van der Waals surface area (Å²) in [5, 5.41) is 9.47. The highest BCUT2D eigenvalue weighted by molar-refractivity contribution is 5.85. The summed E-state index contributed by atoms with van der Waals surface area (Å²) in [7, 11) is 0. The molecule has 1 saturated heterocycles. The van der Waals surface area contributed by atoms with Crippen LogP contribution in [0.3, 0.4) is 0 Å². The van der Waals surface area contributed by atoms with Gasteiger partial charge in [0.2, 0.25) is 0 Å². The van der Waals surface area contributed by atoms with Gasteiger partial charge in [-0.05, 0) is 32.2 Å². The van der Waals surface area contributed by atoms with Gasteiger partial charge in [0.15, 0.2) is 0 Å². The Hall–Kier alpha value is -0.410. The van der Waals surface area contributed by atoms with Crippen molar-refractivity contribution in [3.05, 3.63) is 0 Å². The maximum atomic E-state index is 11.5. The largest absolute Gasteiger partial charge is 0.392 e. The van der Waals surface area contributed by atoms with Crippen molar-refractivity contribution in [2.24, 2.45) is 0 Å². The normalized spacial score (nSPS) is 36.8. The topological polar surface area (TPSA) is 40.5 Å². The van der Waals surface area contributed by atoms with E-state index in [9.17, 15) is 9.90 Å². The molecule has 0 amide bonds. The SMILES string of the molecule is O=C1CCCC1N1CCCC(O)C1. The second kappa shape index (κ2) is 3.76. The molecule has 1 aliphatic carbocycles. The van der Waals surface area contributed by atoms with Gasteiger partial charge in [0.1, 0.15) is 5.78 Å². The summed E-state index contributed by atoms with van der Waals surface area (Å²) in [5.74, 6) is 0.383. The Morgan fingerprint density at radius 3 is 2.77 bits per heavy atom. The lowest BCUT2D eigenvalue weighted by Gasteiger charge is -2.33. The molecule has 1 heterocycles. The molecule has 3 heteroatoms. The van der Waals surface area contributed by atoms with Crippen molar-refractivity contribution in [3.8, 4) is 0 Å². The molecule has 13 heavy (non-hydrogen) atoms. The number of β-amino-alcohol motifs (C(OH)–C–C–N with tert-alkyl or cyclic N) is 1. The summed E-state index contributed by atoms with van der Waals surface area (Å²) in [6.45, 7) is 1.70. The molecule has 0 spiro atoms. The number of likely N-dealkylation sites (tertiary alicyclic amines) is 1. The molecular formula is C10H17NO2. The molecular weight excluding hydrogens is 166 g/mol. The third-order valence-corrected chi connectivity index (χ3v) is 3.14. The zero-order chi connectivity index (χ0) is 9.26. The molecule has 2 atom stereocenters. The summed E-state index contributed by atoms with van der Waals surface area (Å²) in [6, 6.07) is 0.134. The highest BCUT2D eigenvalue weighted by Gasteiger charge is 2.32. The predicted molar refractivity (Wildman–Crippen MR) is 49.5 cm³/mol. The molecule has 2 rings (SSSR count). The monoisotopic (exact) mass is 183 g/mol. The van der Waals surface area contributed by atoms with E-state index in [1.807, 2.05) is 0 Å². The van der Waals surface area contributed by atoms with Gasteiger partial charge in [-0.3, -0.25) is 9.69 Å². The molecule has 74 valence electrons. The van der Waals surface area contributed by atoms with Crippen LogP contribution in [0.1, 0.15) is 32.1 Å². The highest BCUT2D eigenvalue weighted by atomic mass is 16.3. The number of hydrogen-bond acceptors (Lipinski definition) is 3. The fourth-order valence-electron chi connectivity index (χ4n) is 2.45. The van der Waals surface area contributed by atoms with Gasteiger partial charge in [-0.25, -0.2) is 0 Å². The number of carbonyl (C=O) groups excluding carboxylic acids is 1. The van der Waals surface area contributed by atoms with Crippen LogP contribution in [-0.2, 0) is 4.79 Å². The van der Waals surface area contributed by atoms with Crippen LogP contribution in [0.25, 0.3) is 0 Å². The number of aliphatic hydroxyl groups is 1. The standard InChI is InChI=1S/C10H17NO2/c12-8-3-2-6-11(7-8)9-4-1-5-10(9)13/h8-9,12H,1-7H2. The minimum atomic E-state index is -0.206. The number of piperidine rings is 1. The molecule has 2 unspecified atom stereocenters. The van der Waals surface area contributed by atoms with Crippen molar-refractivity contribution in [3.63, 3.8) is 0 Å². The first-order valence-corrected chi connectivity index (χ1v) is 5.22. The Bertz CT molecular complexity index is 205. The van der Waals surface area contributed by atoms with Gasteiger partial charge in [-0.1, -0.05) is 0 Å². The molecule has 1 aliphatic heterocycles. The molecule has 0 radical (unpaired) electrons. The molecule has 2 fully saturated rings. The quantitative estimate of drug-likeness (QED) is 0.646. The number of hydrogen-bond donors (Lipinski definition) is 1. The summed E-state index contributed by atoms with van der Waals surface area (Å²) in [6.07, 6.45) is 4.52. The highest BCUT2D eigenvalue weighted by Crippen LogP contribution is 2.23. The lowest BCUT2D eigenvalue weighted by molar-refractivity contribution is -0.122. The van der Waals surface area contributed by atoms with Gasteiger partial charge in [0, 0.05) is 13.0 Å². The second-order valence-electron chi connectivity index (χ2n) is 4.17. The molecule has 0 aromatic carbocycles. The first kappa shape index (κ1) is 9.16. The van der Waals surface area contributed by atoms with Crippen LogP contribution in [0.5, 0.6) is 0 Å². The van der Waals surface area contributed by atoms with Crippen molar-refractivity contribution in [2.45, 2.75) is 44.2 Å². The van der Waals surface area contributed by atoms with Gasteiger partial charge in [-0.2, -0.15) is 0 Å². The number of Topliss-reactive ketones (excluding diaryl/α,β-unsaturated/α-hetero) is 1. The van der Waals surface area contributed by atoms with Crippen LogP contribution in [0.4, 0.5) is 0 Å². The molecule has 1 N–H and O–H groups in total. The van der Waals surface area contributed by atoms with Gasteiger partial charge in [0.05, 0.1) is 12.1 Å². The fourth-order valence-corrected chi connectivity index (χ4v) is 2.45. The number of nitrogens with zero attached hydrogens (tertiary/aromatic N) is 1. The van der Waals surface area contributed by atoms with Gasteiger partial charge in [-0.15, -0.1) is 0 Å². The van der Waals surface area contributed by atoms with Crippen LogP contribution < -0.4 is 0 Å². The van der Waals surface area contributed by atoms with E-state index in [-0.39, 0.29) is 12.1 Å². The maximum absolute atomic E-state index is 11.5. The molecule has 0 aromatic heterocycles. The number of aliphatic hydroxyl groups excluding tert-OH is 1. The Labute approximate surface area is 78.7 Å². The Kier molecular flexibility index (Phi) is 2.65. The number of rotatable bonds is 1. The minimum absolute atomic E-state index is 0.134. The van der Waals surface area contributed by atoms with Crippen molar-refractivity contribution in [2.75, 3.05) is 13.1 Å². The van der Waals surface area contributed by atoms with E-state index < -0.39 is 0 Å². The maximum Gasteiger partial charge on any atom is 0.149 e. The Morgan fingerprint density at radius 2 is 2.15 bits per heavy atom. The second-order valence-corrected chi connectivity index (χ2v) is 4.17. The smallest absolute Gasteiger partial charge is 0.149 e. The third-order valence-electron chi connectivity index (χ3n) is 3.14. The summed E-state index contributed by atoms with van der Waals surface area (Å²) in [5.41, 5.74) is 0. The number of ketones is 1.